The summed E-state index contributed by atoms with van der Waals surface area (Å²) in [6.07, 6.45) is 7.83. The topological polar surface area (TPSA) is 141 Å². The number of carbonyl (C=O) groups is 2. The van der Waals surface area contributed by atoms with Gasteiger partial charge in [0.15, 0.2) is 12.4 Å². The maximum absolute atomic E-state index is 13.0. The second-order valence-corrected chi connectivity index (χ2v) is 18.9. The monoisotopic (exact) mass is 714 g/mol. The number of hydrogen-bond donors (Lipinski definition) is 2. The lowest BCUT2D eigenvalue weighted by atomic mass is 9.39. The molecule has 0 radical (unpaired) electrons. The molecule has 1 aromatic heterocycles. The number of amides is 1. The zero-order valence-electron chi connectivity index (χ0n) is 32.1. The fourth-order valence-corrected chi connectivity index (χ4v) is 12.8. The molecular weight excluding hydrogens is 652 g/mol. The molecule has 3 heterocycles. The fraction of sp³-hybridized carbons (Fsp3) is 0.875. The summed E-state index contributed by atoms with van der Waals surface area (Å²) in [7, 11) is 0. The van der Waals surface area contributed by atoms with E-state index in [0.29, 0.717) is 38.0 Å². The second kappa shape index (κ2) is 13.1. The van der Waals surface area contributed by atoms with Crippen LogP contribution in [0.25, 0.3) is 0 Å². The number of esters is 1. The fourth-order valence-electron chi connectivity index (χ4n) is 12.8. The van der Waals surface area contributed by atoms with Crippen molar-refractivity contribution in [2.75, 3.05) is 19.7 Å². The minimum Gasteiger partial charge on any atom is -0.457 e. The lowest BCUT2D eigenvalue weighted by Gasteiger charge is -2.66. The first-order valence-corrected chi connectivity index (χ1v) is 19.6. The summed E-state index contributed by atoms with van der Waals surface area (Å²) in [6, 6.07) is 1.59. The van der Waals surface area contributed by atoms with E-state index in [-0.39, 0.29) is 57.4 Å². The molecule has 4 saturated carbocycles. The molecule has 11 heteroatoms. The van der Waals surface area contributed by atoms with E-state index in [1.165, 1.54) is 13.1 Å². The Bertz CT molecular complexity index is 1440. The number of aliphatic hydroxyl groups is 2. The van der Waals surface area contributed by atoms with Gasteiger partial charge in [-0.15, -0.1) is 0 Å². The molecule has 6 aliphatic rings. The van der Waals surface area contributed by atoms with Gasteiger partial charge < -0.3 is 38.6 Å². The SMILES string of the molecule is CC(=O)OC(C1CC(C)C2C(O1)C(O)C1(C)C3CCC4CC3(CCCC(OC3CN(C(=O)c5ccno5)CCO3)C4(C)C)CCC21C)C(C)(C)O. The van der Waals surface area contributed by atoms with Crippen molar-refractivity contribution < 1.29 is 43.3 Å². The van der Waals surface area contributed by atoms with E-state index in [4.69, 9.17) is 23.5 Å². The van der Waals surface area contributed by atoms with Gasteiger partial charge in [0, 0.05) is 24.9 Å². The molecule has 1 spiro atoms. The summed E-state index contributed by atoms with van der Waals surface area (Å²) in [5.41, 5.74) is -1.69. The molecule has 2 N–H and O–H groups in total. The third-order valence-corrected chi connectivity index (χ3v) is 15.5. The Morgan fingerprint density at radius 1 is 1.12 bits per heavy atom. The number of fused-ring (bicyclic) bond motifs is 5. The maximum Gasteiger partial charge on any atom is 0.303 e. The number of aromatic nitrogens is 1. The smallest absolute Gasteiger partial charge is 0.303 e. The molecule has 286 valence electrons. The van der Waals surface area contributed by atoms with Crippen LogP contribution in [0.3, 0.4) is 0 Å². The van der Waals surface area contributed by atoms with Crippen LogP contribution in [-0.4, -0.2) is 94.3 Å². The molecule has 13 unspecified atom stereocenters. The first-order chi connectivity index (χ1) is 23.9. The molecule has 2 saturated heterocycles. The lowest BCUT2D eigenvalue weighted by molar-refractivity contribution is -0.239. The average molecular weight is 715 g/mol. The molecule has 13 atom stereocenters. The molecule has 7 rings (SSSR count). The highest BCUT2D eigenvalue weighted by molar-refractivity contribution is 5.91. The van der Waals surface area contributed by atoms with Crippen molar-refractivity contribution in [3.63, 3.8) is 0 Å². The first kappa shape index (κ1) is 37.3. The van der Waals surface area contributed by atoms with Crippen LogP contribution in [0.1, 0.15) is 124 Å². The van der Waals surface area contributed by atoms with Crippen molar-refractivity contribution in [1.29, 1.82) is 0 Å². The van der Waals surface area contributed by atoms with Crippen molar-refractivity contribution in [2.45, 2.75) is 156 Å². The van der Waals surface area contributed by atoms with Crippen LogP contribution >= 0.6 is 0 Å². The van der Waals surface area contributed by atoms with Crippen molar-refractivity contribution in [2.24, 2.45) is 45.3 Å². The zero-order valence-corrected chi connectivity index (χ0v) is 32.1. The van der Waals surface area contributed by atoms with Gasteiger partial charge in [0.2, 0.25) is 5.76 Å². The molecule has 2 aliphatic heterocycles. The average Bonchev–Trinajstić information content (AvgIpc) is 3.67. The number of rotatable bonds is 6. The summed E-state index contributed by atoms with van der Waals surface area (Å²) in [5.74, 6) is 0.832. The van der Waals surface area contributed by atoms with E-state index in [1.54, 1.807) is 24.8 Å². The van der Waals surface area contributed by atoms with Gasteiger partial charge in [-0.05, 0) is 105 Å². The van der Waals surface area contributed by atoms with Gasteiger partial charge >= 0.3 is 5.97 Å². The van der Waals surface area contributed by atoms with Crippen LogP contribution in [0.4, 0.5) is 0 Å². The number of aliphatic hydroxyl groups excluding tert-OH is 1. The molecule has 2 bridgehead atoms. The molecule has 4 aliphatic carbocycles. The number of nitrogens with zero attached hydrogens (tertiary/aromatic N) is 2. The van der Waals surface area contributed by atoms with E-state index >= 15 is 0 Å². The summed E-state index contributed by atoms with van der Waals surface area (Å²) >= 11 is 0. The van der Waals surface area contributed by atoms with Crippen molar-refractivity contribution in [1.82, 2.24) is 10.1 Å². The van der Waals surface area contributed by atoms with Gasteiger partial charge in [-0.1, -0.05) is 46.2 Å². The molecule has 6 fully saturated rings. The third-order valence-electron chi connectivity index (χ3n) is 15.5. The Morgan fingerprint density at radius 2 is 1.88 bits per heavy atom. The number of morpholine rings is 1. The highest BCUT2D eigenvalue weighted by atomic mass is 16.7. The van der Waals surface area contributed by atoms with Crippen LogP contribution in [0.2, 0.25) is 0 Å². The molecule has 1 amide bonds. The van der Waals surface area contributed by atoms with Crippen LogP contribution in [0.15, 0.2) is 16.8 Å². The molecule has 1 aromatic rings. The Balaban J connectivity index is 1.09. The largest absolute Gasteiger partial charge is 0.457 e. The zero-order chi connectivity index (χ0) is 36.7. The predicted molar refractivity (Wildman–Crippen MR) is 187 cm³/mol. The van der Waals surface area contributed by atoms with Crippen molar-refractivity contribution in [3.05, 3.63) is 18.0 Å². The predicted octanol–water partition coefficient (Wildman–Crippen LogP) is 5.76. The van der Waals surface area contributed by atoms with Crippen LogP contribution in [0.5, 0.6) is 0 Å². The summed E-state index contributed by atoms with van der Waals surface area (Å²) in [5, 5.41) is 27.3. The van der Waals surface area contributed by atoms with E-state index in [9.17, 15) is 19.8 Å². The standard InChI is InChI=1S/C40H62N2O9/c1-23-20-27(34(37(5,6)46)48-24(2)43)49-32-31(23)38(7)15-16-40-14-9-10-29(36(3,4)25(21-40)11-12-28(40)39(38,8)33(32)44)50-30-22-42(18-19-47-30)35(45)26-13-17-41-51-26/h13,17,23,25,27-34,44,46H,9-12,14-16,18-22H2,1-8H3. The lowest BCUT2D eigenvalue weighted by Crippen LogP contribution is -2.61. The minimum atomic E-state index is -1.28. The second-order valence-electron chi connectivity index (χ2n) is 18.9. The summed E-state index contributed by atoms with van der Waals surface area (Å²) in [6.45, 7) is 17.8. The quantitative estimate of drug-likeness (QED) is 0.350. The van der Waals surface area contributed by atoms with Crippen LogP contribution < -0.4 is 0 Å². The van der Waals surface area contributed by atoms with Crippen LogP contribution in [-0.2, 0) is 23.7 Å². The molecule has 51 heavy (non-hydrogen) atoms. The molecule has 0 aromatic carbocycles. The van der Waals surface area contributed by atoms with E-state index < -0.39 is 36.2 Å². The van der Waals surface area contributed by atoms with E-state index in [2.05, 4.69) is 39.8 Å². The van der Waals surface area contributed by atoms with Gasteiger partial charge in [-0.3, -0.25) is 9.59 Å². The normalized spacial score (nSPS) is 44.3. The van der Waals surface area contributed by atoms with Gasteiger partial charge in [-0.2, -0.15) is 0 Å². The van der Waals surface area contributed by atoms with Gasteiger partial charge in [0.1, 0.15) is 0 Å². The van der Waals surface area contributed by atoms with Gasteiger partial charge in [-0.25, -0.2) is 0 Å². The molecule has 11 nitrogen and oxygen atoms in total. The highest BCUT2D eigenvalue weighted by Gasteiger charge is 2.74. The van der Waals surface area contributed by atoms with Crippen molar-refractivity contribution in [3.8, 4) is 0 Å². The Labute approximate surface area is 303 Å². The van der Waals surface area contributed by atoms with Gasteiger partial charge in [0.05, 0.1) is 49.4 Å². The van der Waals surface area contributed by atoms with E-state index in [0.717, 1.165) is 51.4 Å². The molecular formula is C40H62N2O9. The van der Waals surface area contributed by atoms with E-state index in [1.807, 2.05) is 0 Å². The Morgan fingerprint density at radius 3 is 2.57 bits per heavy atom. The van der Waals surface area contributed by atoms with Gasteiger partial charge in [0.25, 0.3) is 5.91 Å². The Kier molecular flexibility index (Phi) is 9.55. The Hall–Kier alpha value is -2.05. The number of ether oxygens (including phenoxy) is 4. The first-order valence-electron chi connectivity index (χ1n) is 19.6. The summed E-state index contributed by atoms with van der Waals surface area (Å²) in [4.78, 5) is 26.8. The summed E-state index contributed by atoms with van der Waals surface area (Å²) < 4.78 is 30.6. The minimum absolute atomic E-state index is 0.00163. The number of hydrogen-bond acceptors (Lipinski definition) is 10. The maximum atomic E-state index is 13.0. The number of carbonyl (C=O) groups excluding carboxylic acids is 2. The van der Waals surface area contributed by atoms with Crippen molar-refractivity contribution >= 4 is 11.9 Å². The highest BCUT2D eigenvalue weighted by Crippen LogP contribution is 2.76. The van der Waals surface area contributed by atoms with Crippen LogP contribution in [0, 0.1) is 45.3 Å². The third kappa shape index (κ3) is 6.00.